The van der Waals surface area contributed by atoms with Crippen molar-refractivity contribution in [3.05, 3.63) is 63.7 Å². The van der Waals surface area contributed by atoms with E-state index >= 15 is 0 Å². The Morgan fingerprint density at radius 1 is 1.15 bits per heavy atom. The fourth-order valence-electron chi connectivity index (χ4n) is 3.04. The van der Waals surface area contributed by atoms with Crippen LogP contribution in [0.1, 0.15) is 29.8 Å². The monoisotopic (exact) mass is 469 g/mol. The number of hydrogen-bond acceptors (Lipinski definition) is 8. The van der Waals surface area contributed by atoms with Gasteiger partial charge in [-0.1, -0.05) is 43.4 Å². The highest BCUT2D eigenvalue weighted by Gasteiger charge is 2.26. The van der Waals surface area contributed by atoms with E-state index in [9.17, 15) is 19.7 Å². The number of carbonyl (C=O) groups excluding carboxylic acids is 2. The van der Waals surface area contributed by atoms with Gasteiger partial charge in [-0.2, -0.15) is 0 Å². The third-order valence-corrected chi connectivity index (χ3v) is 5.76. The molecule has 172 valence electrons. The molecule has 1 atom stereocenters. The predicted octanol–water partition coefficient (Wildman–Crippen LogP) is 3.82. The first-order valence-corrected chi connectivity index (χ1v) is 10.9. The maximum absolute atomic E-state index is 12.9. The van der Waals surface area contributed by atoms with Crippen LogP contribution >= 0.6 is 11.3 Å². The van der Waals surface area contributed by atoms with Gasteiger partial charge in [0.15, 0.2) is 0 Å². The summed E-state index contributed by atoms with van der Waals surface area (Å²) >= 11 is 1.19. The molecule has 1 heterocycles. The molecule has 1 unspecified atom stereocenters. The molecule has 0 bridgehead atoms. The molecule has 0 aliphatic carbocycles. The summed E-state index contributed by atoms with van der Waals surface area (Å²) in [6.45, 7) is 5.15. The molecule has 0 aliphatic heterocycles. The lowest BCUT2D eigenvalue weighted by molar-refractivity contribution is -0.385. The van der Waals surface area contributed by atoms with Gasteiger partial charge in [-0.05, 0) is 31.0 Å². The summed E-state index contributed by atoms with van der Waals surface area (Å²) in [5.74, 6) is -0.623. The van der Waals surface area contributed by atoms with Crippen LogP contribution in [0.3, 0.4) is 0 Å². The zero-order valence-corrected chi connectivity index (χ0v) is 19.3. The molecule has 2 amide bonds. The molecule has 33 heavy (non-hydrogen) atoms. The minimum absolute atomic E-state index is 0.0991. The number of nitro groups is 1. The van der Waals surface area contributed by atoms with Crippen molar-refractivity contribution in [3.8, 4) is 16.3 Å². The lowest BCUT2D eigenvalue weighted by Gasteiger charge is -2.21. The van der Waals surface area contributed by atoms with Gasteiger partial charge in [0.2, 0.25) is 11.0 Å². The molecule has 1 aromatic heterocycles. The van der Waals surface area contributed by atoms with Gasteiger partial charge in [-0.3, -0.25) is 25.0 Å². The quantitative estimate of drug-likeness (QED) is 0.378. The molecule has 2 aromatic carbocycles. The summed E-state index contributed by atoms with van der Waals surface area (Å²) in [4.78, 5) is 36.2. The fraction of sp³-hybridized carbons (Fsp3) is 0.273. The van der Waals surface area contributed by atoms with Crippen LogP contribution in [-0.2, 0) is 4.79 Å². The molecular formula is C22H23N5O5S. The Morgan fingerprint density at radius 3 is 2.58 bits per heavy atom. The van der Waals surface area contributed by atoms with E-state index in [0.29, 0.717) is 16.3 Å². The first kappa shape index (κ1) is 23.8. The molecule has 0 saturated carbocycles. The standard InChI is InChI=1S/C22H23N5O5S/c1-12(2)18(23-19(28)14-9-8-13(3)17(11-14)27(30)31)20(29)24-22-26-25-21(33-22)15-6-5-7-16(10-15)32-4/h5-12,18H,1-4H3,(H,23,28)(H,24,26,29). The van der Waals surface area contributed by atoms with Crippen LogP contribution in [0.15, 0.2) is 42.5 Å². The van der Waals surface area contributed by atoms with E-state index in [1.54, 1.807) is 27.9 Å². The van der Waals surface area contributed by atoms with Crippen LogP contribution < -0.4 is 15.4 Å². The molecule has 3 aromatic rings. The average molecular weight is 470 g/mol. The third-order valence-electron chi connectivity index (χ3n) is 4.88. The Morgan fingerprint density at radius 2 is 1.91 bits per heavy atom. The lowest BCUT2D eigenvalue weighted by Crippen LogP contribution is -2.47. The number of anilines is 1. The SMILES string of the molecule is COc1cccc(-c2nnc(NC(=O)C(NC(=O)c3ccc(C)c([N+](=O)[O-])c3)C(C)C)s2)c1. The molecule has 0 spiro atoms. The van der Waals surface area contributed by atoms with Gasteiger partial charge in [0.1, 0.15) is 16.8 Å². The molecule has 3 rings (SSSR count). The zero-order valence-electron chi connectivity index (χ0n) is 18.5. The Labute approximate surface area is 194 Å². The van der Waals surface area contributed by atoms with E-state index in [1.165, 1.54) is 29.5 Å². The molecule has 2 N–H and O–H groups in total. The summed E-state index contributed by atoms with van der Waals surface area (Å²) in [7, 11) is 1.57. The van der Waals surface area contributed by atoms with Crippen LogP contribution in [0.4, 0.5) is 10.8 Å². The second-order valence-electron chi connectivity index (χ2n) is 7.59. The van der Waals surface area contributed by atoms with Crippen molar-refractivity contribution in [2.45, 2.75) is 26.8 Å². The Hall–Kier alpha value is -3.86. The van der Waals surface area contributed by atoms with E-state index in [0.717, 1.165) is 5.56 Å². The van der Waals surface area contributed by atoms with Gasteiger partial charge >= 0.3 is 0 Å². The number of nitrogens with one attached hydrogen (secondary N) is 2. The number of benzene rings is 2. The zero-order chi connectivity index (χ0) is 24.1. The summed E-state index contributed by atoms with van der Waals surface area (Å²) in [6, 6.07) is 10.6. The van der Waals surface area contributed by atoms with Gasteiger partial charge in [0, 0.05) is 22.8 Å². The first-order chi connectivity index (χ1) is 15.7. The number of hydrogen-bond donors (Lipinski definition) is 2. The molecular weight excluding hydrogens is 446 g/mol. The van der Waals surface area contributed by atoms with Crippen LogP contribution in [-0.4, -0.2) is 40.1 Å². The number of aromatic nitrogens is 2. The highest BCUT2D eigenvalue weighted by Crippen LogP contribution is 2.29. The maximum Gasteiger partial charge on any atom is 0.273 e. The van der Waals surface area contributed by atoms with Crippen LogP contribution in [0.25, 0.3) is 10.6 Å². The number of aryl methyl sites for hydroxylation is 1. The van der Waals surface area contributed by atoms with Crippen molar-refractivity contribution in [3.63, 3.8) is 0 Å². The van der Waals surface area contributed by atoms with Crippen molar-refractivity contribution in [1.29, 1.82) is 0 Å². The summed E-state index contributed by atoms with van der Waals surface area (Å²) < 4.78 is 5.22. The van der Waals surface area contributed by atoms with Gasteiger partial charge in [0.25, 0.3) is 11.6 Å². The van der Waals surface area contributed by atoms with Crippen molar-refractivity contribution in [2.24, 2.45) is 5.92 Å². The van der Waals surface area contributed by atoms with E-state index in [1.807, 2.05) is 24.3 Å². The highest BCUT2D eigenvalue weighted by molar-refractivity contribution is 7.18. The lowest BCUT2D eigenvalue weighted by atomic mass is 10.0. The minimum Gasteiger partial charge on any atom is -0.497 e. The fourth-order valence-corrected chi connectivity index (χ4v) is 3.78. The van der Waals surface area contributed by atoms with Crippen molar-refractivity contribution >= 4 is 34.0 Å². The number of ether oxygens (including phenoxy) is 1. The van der Waals surface area contributed by atoms with Crippen molar-refractivity contribution < 1.29 is 19.2 Å². The Balaban J connectivity index is 1.73. The predicted molar refractivity (Wildman–Crippen MR) is 124 cm³/mol. The molecule has 0 fully saturated rings. The summed E-state index contributed by atoms with van der Waals surface area (Å²) in [5.41, 5.74) is 1.17. The number of carbonyl (C=O) groups is 2. The van der Waals surface area contributed by atoms with Crippen LogP contribution in [0.5, 0.6) is 5.75 Å². The topological polar surface area (TPSA) is 136 Å². The van der Waals surface area contributed by atoms with Crippen LogP contribution in [0.2, 0.25) is 0 Å². The van der Waals surface area contributed by atoms with Crippen LogP contribution in [0, 0.1) is 23.0 Å². The molecule has 0 saturated heterocycles. The van der Waals surface area contributed by atoms with Gasteiger partial charge in [-0.25, -0.2) is 0 Å². The largest absolute Gasteiger partial charge is 0.497 e. The first-order valence-electron chi connectivity index (χ1n) is 10.0. The minimum atomic E-state index is -0.887. The van der Waals surface area contributed by atoms with E-state index < -0.39 is 22.8 Å². The average Bonchev–Trinajstić information content (AvgIpc) is 3.25. The number of rotatable bonds is 8. The number of nitrogens with zero attached hydrogens (tertiary/aromatic N) is 3. The van der Waals surface area contributed by atoms with Crippen molar-refractivity contribution in [1.82, 2.24) is 15.5 Å². The second-order valence-corrected chi connectivity index (χ2v) is 8.56. The third kappa shape index (κ3) is 5.69. The number of nitro benzene ring substituents is 1. The molecule has 0 aliphatic rings. The van der Waals surface area contributed by atoms with Gasteiger partial charge in [0.05, 0.1) is 12.0 Å². The van der Waals surface area contributed by atoms with E-state index in [-0.39, 0.29) is 22.3 Å². The van der Waals surface area contributed by atoms with Gasteiger partial charge in [-0.15, -0.1) is 10.2 Å². The smallest absolute Gasteiger partial charge is 0.273 e. The normalized spacial score (nSPS) is 11.7. The van der Waals surface area contributed by atoms with Crippen molar-refractivity contribution in [2.75, 3.05) is 12.4 Å². The highest BCUT2D eigenvalue weighted by atomic mass is 32.1. The molecule has 0 radical (unpaired) electrons. The molecule has 10 nitrogen and oxygen atoms in total. The maximum atomic E-state index is 12.9. The second kappa shape index (κ2) is 10.2. The van der Waals surface area contributed by atoms with Gasteiger partial charge < -0.3 is 10.1 Å². The Bertz CT molecular complexity index is 1190. The summed E-state index contributed by atoms with van der Waals surface area (Å²) in [6.07, 6.45) is 0. The number of amides is 2. The van der Waals surface area contributed by atoms with E-state index in [2.05, 4.69) is 20.8 Å². The molecule has 11 heteroatoms. The number of methoxy groups -OCH3 is 1. The summed E-state index contributed by atoms with van der Waals surface area (Å²) in [5, 5.41) is 25.5. The Kier molecular flexibility index (Phi) is 7.34. The van der Waals surface area contributed by atoms with E-state index in [4.69, 9.17) is 4.74 Å².